The Hall–Kier alpha value is -4.27. The van der Waals surface area contributed by atoms with Crippen molar-refractivity contribution in [3.05, 3.63) is 120 Å². The van der Waals surface area contributed by atoms with Crippen LogP contribution in [0.1, 0.15) is 92.7 Å². The molecule has 0 aliphatic rings. The van der Waals surface area contributed by atoms with Crippen molar-refractivity contribution < 1.29 is 35.4 Å². The van der Waals surface area contributed by atoms with E-state index in [2.05, 4.69) is 25.9 Å². The van der Waals surface area contributed by atoms with Gasteiger partial charge in [0.2, 0.25) is 5.91 Å². The monoisotopic (exact) mass is 743 g/mol. The molecule has 7 atom stereocenters. The maximum atomic E-state index is 13.3. The summed E-state index contributed by atoms with van der Waals surface area (Å²) >= 11 is 0. The van der Waals surface area contributed by atoms with Crippen molar-refractivity contribution in [1.82, 2.24) is 15.3 Å². The first kappa shape index (κ1) is 42.5. The Balaban J connectivity index is 1.26. The molecule has 1 amide bonds. The number of benzene rings is 2. The Morgan fingerprint density at radius 3 is 1.93 bits per heavy atom. The highest BCUT2D eigenvalue weighted by Crippen LogP contribution is 2.43. The van der Waals surface area contributed by atoms with Crippen LogP contribution in [-0.4, -0.2) is 90.6 Å². The van der Waals surface area contributed by atoms with E-state index in [1.807, 2.05) is 91.0 Å². The topological polar surface area (TPSA) is 200 Å². The predicted molar refractivity (Wildman–Crippen MR) is 210 cm³/mol. The molecular weight excluding hydrogens is 686 g/mol. The summed E-state index contributed by atoms with van der Waals surface area (Å²) in [5.74, 6) is 0.0267. The summed E-state index contributed by atoms with van der Waals surface area (Å²) in [4.78, 5) is 22.5. The van der Waals surface area contributed by atoms with Gasteiger partial charge < -0.3 is 46.6 Å². The van der Waals surface area contributed by atoms with Crippen LogP contribution in [0.3, 0.4) is 0 Å². The lowest BCUT2D eigenvalue weighted by atomic mass is 9.82. The van der Waals surface area contributed by atoms with Crippen molar-refractivity contribution in [1.29, 1.82) is 0 Å². The standard InChI is InChI=1S/C42H57N5O7/c48-29-35(50)42(54)41(53)34(49)28-43-25-15-6-4-2-1-3-5-10-24-37(51)46-32-21-12-11-20-31(32)39(47-36-23-14-17-27-45-36)38(33-22-13-16-26-44-33)40(52)30-18-8-7-9-19-30/h7-9,11-14,16-23,26-27,34-35,38-43,48-50,52-54H,1-6,10,15,24-25,28-29H2,(H,45,47)(H,46,51)/t34-,35?,38-,39+,40+,41+,42+/m0/s1. The number of carbonyl (C=O) groups is 1. The van der Waals surface area contributed by atoms with Gasteiger partial charge in [-0.05, 0) is 60.8 Å². The van der Waals surface area contributed by atoms with Crippen LogP contribution in [0.25, 0.3) is 0 Å². The molecule has 54 heavy (non-hydrogen) atoms. The summed E-state index contributed by atoms with van der Waals surface area (Å²) in [5, 5.41) is 69.5. The van der Waals surface area contributed by atoms with E-state index < -0.39 is 49.1 Å². The third-order valence-electron chi connectivity index (χ3n) is 9.59. The second-order valence-corrected chi connectivity index (χ2v) is 13.7. The van der Waals surface area contributed by atoms with Crippen LogP contribution in [0, 0.1) is 0 Å². The second-order valence-electron chi connectivity index (χ2n) is 13.7. The van der Waals surface area contributed by atoms with Crippen LogP contribution in [-0.2, 0) is 4.79 Å². The van der Waals surface area contributed by atoms with Crippen LogP contribution in [0.4, 0.5) is 11.5 Å². The minimum atomic E-state index is -1.62. The number of pyridine rings is 2. The van der Waals surface area contributed by atoms with Crippen LogP contribution < -0.4 is 16.0 Å². The normalized spacial score (nSPS) is 15.4. The lowest BCUT2D eigenvalue weighted by molar-refractivity contribution is -0.116. The quantitative estimate of drug-likeness (QED) is 0.0429. The third-order valence-corrected chi connectivity index (χ3v) is 9.59. The van der Waals surface area contributed by atoms with Crippen molar-refractivity contribution in [3.8, 4) is 0 Å². The van der Waals surface area contributed by atoms with Gasteiger partial charge in [-0.1, -0.05) is 99.2 Å². The van der Waals surface area contributed by atoms with Gasteiger partial charge >= 0.3 is 0 Å². The van der Waals surface area contributed by atoms with Gasteiger partial charge in [-0.3, -0.25) is 9.78 Å². The van der Waals surface area contributed by atoms with E-state index in [1.54, 1.807) is 12.4 Å². The van der Waals surface area contributed by atoms with Gasteiger partial charge in [-0.15, -0.1) is 0 Å². The maximum Gasteiger partial charge on any atom is 0.224 e. The average molecular weight is 744 g/mol. The molecule has 2 aromatic heterocycles. The van der Waals surface area contributed by atoms with Crippen molar-refractivity contribution in [2.24, 2.45) is 0 Å². The third kappa shape index (κ3) is 13.5. The van der Waals surface area contributed by atoms with Gasteiger partial charge in [0.05, 0.1) is 30.8 Å². The zero-order valence-corrected chi connectivity index (χ0v) is 30.8. The molecule has 0 fully saturated rings. The SMILES string of the molecule is O=C(CCCCCCCCCCNC[C@H](O)[C@@H](O)[C@H](O)C(O)CO)Nc1ccccc1[C@@H](Nc1ccccn1)[C@H](c1ccccn1)[C@H](O)c1ccccc1. The lowest BCUT2D eigenvalue weighted by Crippen LogP contribution is -2.49. The fourth-order valence-corrected chi connectivity index (χ4v) is 6.54. The number of para-hydroxylation sites is 1. The number of anilines is 2. The van der Waals surface area contributed by atoms with Crippen LogP contribution >= 0.6 is 0 Å². The van der Waals surface area contributed by atoms with Gasteiger partial charge in [-0.2, -0.15) is 0 Å². The smallest absolute Gasteiger partial charge is 0.224 e. The summed E-state index contributed by atoms with van der Waals surface area (Å²) < 4.78 is 0. The first-order valence-corrected chi connectivity index (χ1v) is 19.0. The van der Waals surface area contributed by atoms with E-state index in [0.717, 1.165) is 62.5 Å². The molecule has 4 aromatic rings. The van der Waals surface area contributed by atoms with Crippen molar-refractivity contribution in [2.45, 2.75) is 100 Å². The average Bonchev–Trinajstić information content (AvgIpc) is 3.21. The van der Waals surface area contributed by atoms with Gasteiger partial charge in [0, 0.05) is 36.7 Å². The number of aromatic nitrogens is 2. The van der Waals surface area contributed by atoms with E-state index in [1.165, 1.54) is 0 Å². The summed E-state index contributed by atoms with van der Waals surface area (Å²) in [6.45, 7) is 0.0204. The molecule has 0 bridgehead atoms. The zero-order chi connectivity index (χ0) is 38.5. The largest absolute Gasteiger partial charge is 0.394 e. The Labute approximate surface area is 318 Å². The number of nitrogens with zero attached hydrogens (tertiary/aromatic N) is 2. The molecule has 0 saturated carbocycles. The maximum absolute atomic E-state index is 13.3. The molecule has 12 heteroatoms. The molecular formula is C42H57N5O7. The van der Waals surface area contributed by atoms with Crippen molar-refractivity contribution in [2.75, 3.05) is 30.3 Å². The number of nitrogens with one attached hydrogen (secondary N) is 3. The van der Waals surface area contributed by atoms with Crippen LogP contribution in [0.2, 0.25) is 0 Å². The van der Waals surface area contributed by atoms with Crippen molar-refractivity contribution in [3.63, 3.8) is 0 Å². The summed E-state index contributed by atoms with van der Waals surface area (Å²) in [5.41, 5.74) is 2.92. The van der Waals surface area contributed by atoms with E-state index in [-0.39, 0.29) is 12.5 Å². The molecule has 0 saturated heterocycles. The van der Waals surface area contributed by atoms with E-state index in [4.69, 9.17) is 5.11 Å². The Morgan fingerprint density at radius 2 is 1.26 bits per heavy atom. The Kier molecular flexibility index (Phi) is 18.5. The fourth-order valence-electron chi connectivity index (χ4n) is 6.54. The molecule has 1 unspecified atom stereocenters. The number of hydrogen-bond donors (Lipinski definition) is 9. The van der Waals surface area contributed by atoms with E-state index in [9.17, 15) is 30.3 Å². The number of unbranched alkanes of at least 4 members (excludes halogenated alkanes) is 7. The molecule has 12 nitrogen and oxygen atoms in total. The highest BCUT2D eigenvalue weighted by atomic mass is 16.4. The molecule has 0 radical (unpaired) electrons. The summed E-state index contributed by atoms with van der Waals surface area (Å²) in [7, 11) is 0. The molecule has 0 aliphatic carbocycles. The van der Waals surface area contributed by atoms with E-state index >= 15 is 0 Å². The number of aliphatic hydroxyl groups excluding tert-OH is 6. The molecule has 292 valence electrons. The Morgan fingerprint density at radius 1 is 0.648 bits per heavy atom. The molecule has 4 rings (SSSR count). The van der Waals surface area contributed by atoms with Gasteiger partial charge in [0.25, 0.3) is 0 Å². The number of hydrogen-bond acceptors (Lipinski definition) is 11. The molecule has 2 heterocycles. The number of aliphatic hydroxyl groups is 6. The zero-order valence-electron chi connectivity index (χ0n) is 30.8. The predicted octanol–water partition coefficient (Wildman–Crippen LogP) is 4.62. The minimum Gasteiger partial charge on any atom is -0.394 e. The number of amides is 1. The fraction of sp³-hybridized carbons (Fsp3) is 0.452. The summed E-state index contributed by atoms with van der Waals surface area (Å²) in [6, 6.07) is 28.0. The summed E-state index contributed by atoms with van der Waals surface area (Å²) in [6.07, 6.45) is 4.87. The van der Waals surface area contributed by atoms with Gasteiger partial charge in [0.1, 0.15) is 24.1 Å². The first-order valence-electron chi connectivity index (χ1n) is 19.0. The van der Waals surface area contributed by atoms with Gasteiger partial charge in [0.15, 0.2) is 0 Å². The number of rotatable bonds is 25. The minimum absolute atomic E-state index is 0.0683. The second kappa shape index (κ2) is 23.5. The molecule has 9 N–H and O–H groups in total. The highest BCUT2D eigenvalue weighted by molar-refractivity contribution is 5.91. The molecule has 0 aliphatic heterocycles. The van der Waals surface area contributed by atoms with E-state index in [0.29, 0.717) is 30.2 Å². The highest BCUT2D eigenvalue weighted by Gasteiger charge is 2.35. The molecule has 2 aromatic carbocycles. The first-order chi connectivity index (χ1) is 26.3. The van der Waals surface area contributed by atoms with Crippen molar-refractivity contribution >= 4 is 17.4 Å². The molecule has 0 spiro atoms. The van der Waals surface area contributed by atoms with Gasteiger partial charge in [-0.25, -0.2) is 4.98 Å². The van der Waals surface area contributed by atoms with Crippen LogP contribution in [0.15, 0.2) is 103 Å². The number of carbonyl (C=O) groups excluding carboxylic acids is 1. The lowest BCUT2D eigenvalue weighted by Gasteiger charge is -2.33. The Bertz CT molecular complexity index is 1600. The van der Waals surface area contributed by atoms with Crippen LogP contribution in [0.5, 0.6) is 0 Å².